The van der Waals surface area contributed by atoms with Crippen molar-refractivity contribution in [1.82, 2.24) is 10.2 Å². The number of carbonyl (C=O) groups is 2. The quantitative estimate of drug-likeness (QED) is 0.788. The van der Waals surface area contributed by atoms with Crippen LogP contribution in [-0.2, 0) is 4.79 Å². The van der Waals surface area contributed by atoms with Gasteiger partial charge in [0.1, 0.15) is 0 Å². The maximum Gasteiger partial charge on any atom is 0.317 e. The SMILES string of the molecule is CC(C)C(CC(=O)O)NC(=O)N1CCCC1C. The van der Waals surface area contributed by atoms with E-state index in [9.17, 15) is 9.59 Å². The highest BCUT2D eigenvalue weighted by molar-refractivity contribution is 5.76. The maximum atomic E-state index is 12.0. The maximum absolute atomic E-state index is 12.0. The first kappa shape index (κ1) is 13.8. The summed E-state index contributed by atoms with van der Waals surface area (Å²) in [5.74, 6) is -0.758. The number of carboxylic acids is 1. The normalized spacial score (nSPS) is 21.6. The van der Waals surface area contributed by atoms with Gasteiger partial charge in [-0.25, -0.2) is 4.79 Å². The Morgan fingerprint density at radius 3 is 2.53 bits per heavy atom. The molecule has 1 heterocycles. The lowest BCUT2D eigenvalue weighted by Crippen LogP contribution is -2.48. The van der Waals surface area contributed by atoms with Gasteiger partial charge in [-0.15, -0.1) is 0 Å². The number of nitrogens with one attached hydrogen (secondary N) is 1. The molecule has 0 radical (unpaired) electrons. The zero-order valence-corrected chi connectivity index (χ0v) is 10.8. The molecule has 2 amide bonds. The summed E-state index contributed by atoms with van der Waals surface area (Å²) in [5, 5.41) is 11.6. The highest BCUT2D eigenvalue weighted by Crippen LogP contribution is 2.17. The van der Waals surface area contributed by atoms with Gasteiger partial charge in [0.05, 0.1) is 6.42 Å². The molecule has 1 fully saturated rings. The lowest BCUT2D eigenvalue weighted by molar-refractivity contribution is -0.137. The summed E-state index contributed by atoms with van der Waals surface area (Å²) in [7, 11) is 0. The Bertz CT molecular complexity index is 291. The monoisotopic (exact) mass is 242 g/mol. The van der Waals surface area contributed by atoms with Crippen LogP contribution in [0.5, 0.6) is 0 Å². The average molecular weight is 242 g/mol. The van der Waals surface area contributed by atoms with Crippen molar-refractivity contribution in [2.75, 3.05) is 6.54 Å². The Labute approximate surface area is 102 Å². The van der Waals surface area contributed by atoms with Crippen LogP contribution in [0.2, 0.25) is 0 Å². The second kappa shape index (κ2) is 5.89. The number of aliphatic carboxylic acids is 1. The molecule has 0 saturated carbocycles. The van der Waals surface area contributed by atoms with Gasteiger partial charge in [0.2, 0.25) is 0 Å². The van der Waals surface area contributed by atoms with Gasteiger partial charge in [0.25, 0.3) is 0 Å². The van der Waals surface area contributed by atoms with Gasteiger partial charge in [-0.2, -0.15) is 0 Å². The molecule has 0 aromatic carbocycles. The fourth-order valence-electron chi connectivity index (χ4n) is 2.12. The van der Waals surface area contributed by atoms with Crippen molar-refractivity contribution in [3.63, 3.8) is 0 Å². The Morgan fingerprint density at radius 1 is 1.47 bits per heavy atom. The molecule has 17 heavy (non-hydrogen) atoms. The topological polar surface area (TPSA) is 69.6 Å². The average Bonchev–Trinajstić information content (AvgIpc) is 2.62. The molecule has 2 N–H and O–H groups in total. The summed E-state index contributed by atoms with van der Waals surface area (Å²) in [4.78, 5) is 24.5. The van der Waals surface area contributed by atoms with Crippen LogP contribution in [0.1, 0.15) is 40.0 Å². The van der Waals surface area contributed by atoms with Crippen molar-refractivity contribution in [1.29, 1.82) is 0 Å². The number of rotatable bonds is 4. The van der Waals surface area contributed by atoms with Crippen LogP contribution in [0.3, 0.4) is 0 Å². The van der Waals surface area contributed by atoms with Gasteiger partial charge < -0.3 is 15.3 Å². The highest BCUT2D eigenvalue weighted by Gasteiger charge is 2.28. The molecule has 1 rings (SSSR count). The van der Waals surface area contributed by atoms with E-state index in [-0.39, 0.29) is 30.5 Å². The van der Waals surface area contributed by atoms with Crippen molar-refractivity contribution in [3.8, 4) is 0 Å². The molecule has 98 valence electrons. The lowest BCUT2D eigenvalue weighted by atomic mass is 10.0. The molecule has 1 aliphatic heterocycles. The van der Waals surface area contributed by atoms with Crippen molar-refractivity contribution in [2.24, 2.45) is 5.92 Å². The van der Waals surface area contributed by atoms with E-state index in [1.165, 1.54) is 0 Å². The Balaban J connectivity index is 2.54. The summed E-state index contributed by atoms with van der Waals surface area (Å²) in [6.07, 6.45) is 2.03. The van der Waals surface area contributed by atoms with Gasteiger partial charge in [-0.1, -0.05) is 13.8 Å². The number of nitrogens with zero attached hydrogens (tertiary/aromatic N) is 1. The third-order valence-corrected chi connectivity index (χ3v) is 3.32. The molecule has 0 aromatic heterocycles. The van der Waals surface area contributed by atoms with E-state index in [0.717, 1.165) is 19.4 Å². The minimum Gasteiger partial charge on any atom is -0.481 e. The van der Waals surface area contributed by atoms with Crippen LogP contribution >= 0.6 is 0 Å². The van der Waals surface area contributed by atoms with Crippen molar-refractivity contribution < 1.29 is 14.7 Å². The van der Waals surface area contributed by atoms with Crippen LogP contribution in [0.25, 0.3) is 0 Å². The third kappa shape index (κ3) is 3.91. The number of carboxylic acid groups (broad SMARTS) is 1. The molecule has 5 heteroatoms. The molecule has 1 saturated heterocycles. The lowest BCUT2D eigenvalue weighted by Gasteiger charge is -2.27. The standard InChI is InChI=1S/C12H22N2O3/c1-8(2)10(7-11(15)16)13-12(17)14-6-4-5-9(14)3/h8-10H,4-7H2,1-3H3,(H,13,17)(H,15,16). The second-order valence-electron chi connectivity index (χ2n) is 5.08. The second-order valence-corrected chi connectivity index (χ2v) is 5.08. The van der Waals surface area contributed by atoms with E-state index in [2.05, 4.69) is 5.32 Å². The van der Waals surface area contributed by atoms with E-state index in [4.69, 9.17) is 5.11 Å². The Hall–Kier alpha value is -1.26. The zero-order chi connectivity index (χ0) is 13.0. The van der Waals surface area contributed by atoms with E-state index in [1.54, 1.807) is 4.90 Å². The number of likely N-dealkylation sites (tertiary alicyclic amines) is 1. The number of urea groups is 1. The zero-order valence-electron chi connectivity index (χ0n) is 10.8. The first-order valence-electron chi connectivity index (χ1n) is 6.20. The number of hydrogen-bond donors (Lipinski definition) is 2. The van der Waals surface area contributed by atoms with Gasteiger partial charge in [-0.05, 0) is 25.7 Å². The molecule has 0 bridgehead atoms. The molecule has 5 nitrogen and oxygen atoms in total. The molecular formula is C12H22N2O3. The largest absolute Gasteiger partial charge is 0.481 e. The summed E-state index contributed by atoms with van der Waals surface area (Å²) >= 11 is 0. The molecule has 0 aromatic rings. The van der Waals surface area contributed by atoms with E-state index < -0.39 is 5.97 Å². The number of hydrogen-bond acceptors (Lipinski definition) is 2. The molecular weight excluding hydrogens is 220 g/mol. The summed E-state index contributed by atoms with van der Waals surface area (Å²) in [6.45, 7) is 6.63. The summed E-state index contributed by atoms with van der Waals surface area (Å²) < 4.78 is 0. The van der Waals surface area contributed by atoms with Crippen molar-refractivity contribution in [3.05, 3.63) is 0 Å². The van der Waals surface area contributed by atoms with Crippen LogP contribution in [0.4, 0.5) is 4.79 Å². The van der Waals surface area contributed by atoms with Gasteiger partial charge in [0, 0.05) is 18.6 Å². The Morgan fingerprint density at radius 2 is 2.12 bits per heavy atom. The predicted molar refractivity (Wildman–Crippen MR) is 64.8 cm³/mol. The van der Waals surface area contributed by atoms with Gasteiger partial charge in [0.15, 0.2) is 0 Å². The molecule has 2 unspecified atom stereocenters. The minimum atomic E-state index is -0.876. The van der Waals surface area contributed by atoms with Gasteiger partial charge >= 0.3 is 12.0 Å². The fourth-order valence-corrected chi connectivity index (χ4v) is 2.12. The van der Waals surface area contributed by atoms with Crippen molar-refractivity contribution in [2.45, 2.75) is 52.1 Å². The Kier molecular flexibility index (Phi) is 4.78. The molecule has 0 spiro atoms. The molecule has 2 atom stereocenters. The van der Waals surface area contributed by atoms with Crippen LogP contribution < -0.4 is 5.32 Å². The van der Waals surface area contributed by atoms with E-state index >= 15 is 0 Å². The van der Waals surface area contributed by atoms with E-state index in [0.29, 0.717) is 0 Å². The van der Waals surface area contributed by atoms with Crippen molar-refractivity contribution >= 4 is 12.0 Å². The third-order valence-electron chi connectivity index (χ3n) is 3.32. The number of carbonyl (C=O) groups excluding carboxylic acids is 1. The fraction of sp³-hybridized carbons (Fsp3) is 0.833. The smallest absolute Gasteiger partial charge is 0.317 e. The minimum absolute atomic E-state index is 0.0222. The first-order valence-corrected chi connectivity index (χ1v) is 6.20. The number of amides is 2. The van der Waals surface area contributed by atoms with Crippen LogP contribution in [0, 0.1) is 5.92 Å². The molecule has 1 aliphatic rings. The van der Waals surface area contributed by atoms with E-state index in [1.807, 2.05) is 20.8 Å². The van der Waals surface area contributed by atoms with Crippen LogP contribution in [0.15, 0.2) is 0 Å². The van der Waals surface area contributed by atoms with Gasteiger partial charge in [-0.3, -0.25) is 4.79 Å². The predicted octanol–water partition coefficient (Wildman–Crippen LogP) is 1.68. The van der Waals surface area contributed by atoms with Crippen LogP contribution in [-0.4, -0.2) is 40.6 Å². The summed E-state index contributed by atoms with van der Waals surface area (Å²) in [5.41, 5.74) is 0. The highest BCUT2D eigenvalue weighted by atomic mass is 16.4. The molecule has 0 aliphatic carbocycles. The first-order chi connectivity index (χ1) is 7.91. The summed E-state index contributed by atoms with van der Waals surface area (Å²) in [6, 6.07) is -0.171.